The Bertz CT molecular complexity index is 1010. The lowest BCUT2D eigenvalue weighted by atomic mass is 9.82. The average Bonchev–Trinajstić information content (AvgIpc) is 3.22. The molecule has 1 aliphatic rings. The number of nitrogens with two attached hydrogens (primary N) is 1. The van der Waals surface area contributed by atoms with Crippen LogP contribution in [0.2, 0.25) is 0 Å². The summed E-state index contributed by atoms with van der Waals surface area (Å²) in [6.45, 7) is 6.81. The van der Waals surface area contributed by atoms with Gasteiger partial charge in [-0.25, -0.2) is 0 Å². The van der Waals surface area contributed by atoms with Crippen LogP contribution in [0.4, 0.5) is 5.69 Å². The molecule has 0 spiro atoms. The average molecular weight is 409 g/mol. The minimum atomic E-state index is -1.08. The standard InChI is InChI=1S/C23H28N4O3/c1-14-12-16(7-8-17(14)21(29)27-10-4-5-11-27)26-22(30)23(2,3)18-13-15(20(24)25)6-9-19(18)28/h6-9,12-13,28H,4-5,10-11H2,1-3H3,(H3,24,25)(H,26,30). The van der Waals surface area contributed by atoms with Gasteiger partial charge in [-0.15, -0.1) is 0 Å². The molecule has 7 nitrogen and oxygen atoms in total. The molecule has 1 fully saturated rings. The second kappa shape index (κ2) is 8.18. The molecule has 158 valence electrons. The number of aryl methyl sites for hydroxylation is 1. The molecule has 0 aromatic heterocycles. The Balaban J connectivity index is 1.81. The molecule has 0 atom stereocenters. The quantitative estimate of drug-likeness (QED) is 0.449. The zero-order valence-electron chi connectivity index (χ0n) is 17.6. The molecular formula is C23H28N4O3. The summed E-state index contributed by atoms with van der Waals surface area (Å²) < 4.78 is 0. The van der Waals surface area contributed by atoms with Crippen LogP contribution >= 0.6 is 0 Å². The number of phenols is 1. The van der Waals surface area contributed by atoms with E-state index in [9.17, 15) is 14.7 Å². The Hall–Kier alpha value is -3.35. The number of rotatable bonds is 5. The van der Waals surface area contributed by atoms with Gasteiger partial charge in [-0.3, -0.25) is 15.0 Å². The molecular weight excluding hydrogens is 380 g/mol. The van der Waals surface area contributed by atoms with E-state index in [1.807, 2.05) is 11.8 Å². The lowest BCUT2D eigenvalue weighted by Gasteiger charge is -2.26. The summed E-state index contributed by atoms with van der Waals surface area (Å²) in [6.07, 6.45) is 2.07. The predicted octanol–water partition coefficient (Wildman–Crippen LogP) is 3.14. The summed E-state index contributed by atoms with van der Waals surface area (Å²) in [6, 6.07) is 9.77. The highest BCUT2D eigenvalue weighted by molar-refractivity contribution is 6.01. The highest BCUT2D eigenvalue weighted by atomic mass is 16.3. The molecule has 2 aromatic rings. The Morgan fingerprint density at radius 3 is 2.40 bits per heavy atom. The van der Waals surface area contributed by atoms with Crippen LogP contribution in [0.15, 0.2) is 36.4 Å². The zero-order valence-corrected chi connectivity index (χ0v) is 17.6. The number of hydrogen-bond donors (Lipinski definition) is 4. The SMILES string of the molecule is Cc1cc(NC(=O)C(C)(C)c2cc(C(=N)N)ccc2O)ccc1C(=O)N1CCCC1. The molecule has 1 heterocycles. The van der Waals surface area contributed by atoms with Gasteiger partial charge in [-0.05, 0) is 75.6 Å². The molecule has 0 radical (unpaired) electrons. The fraction of sp³-hybridized carbons (Fsp3) is 0.348. The monoisotopic (exact) mass is 408 g/mol. The molecule has 0 unspecified atom stereocenters. The molecule has 3 rings (SSSR count). The van der Waals surface area contributed by atoms with Crippen LogP contribution in [-0.4, -0.2) is 40.7 Å². The number of carbonyl (C=O) groups is 2. The Morgan fingerprint density at radius 1 is 1.13 bits per heavy atom. The third-order valence-electron chi connectivity index (χ3n) is 5.66. The molecule has 2 amide bonds. The first-order valence-corrected chi connectivity index (χ1v) is 10.0. The van der Waals surface area contributed by atoms with Crippen molar-refractivity contribution in [2.24, 2.45) is 5.73 Å². The molecule has 1 saturated heterocycles. The predicted molar refractivity (Wildman–Crippen MR) is 117 cm³/mol. The number of nitrogens with one attached hydrogen (secondary N) is 2. The van der Waals surface area contributed by atoms with E-state index in [4.69, 9.17) is 11.1 Å². The number of hydrogen-bond acceptors (Lipinski definition) is 4. The summed E-state index contributed by atoms with van der Waals surface area (Å²) in [5.74, 6) is -0.477. The molecule has 7 heteroatoms. The summed E-state index contributed by atoms with van der Waals surface area (Å²) in [7, 11) is 0. The zero-order chi connectivity index (χ0) is 22.1. The largest absolute Gasteiger partial charge is 0.508 e. The second-order valence-electron chi connectivity index (χ2n) is 8.25. The van der Waals surface area contributed by atoms with Crippen LogP contribution in [0.5, 0.6) is 5.75 Å². The maximum Gasteiger partial charge on any atom is 0.254 e. The molecule has 2 aromatic carbocycles. The van der Waals surface area contributed by atoms with E-state index < -0.39 is 5.41 Å². The van der Waals surface area contributed by atoms with Gasteiger partial charge in [0.1, 0.15) is 11.6 Å². The van der Waals surface area contributed by atoms with E-state index in [2.05, 4.69) is 5.32 Å². The lowest BCUT2D eigenvalue weighted by molar-refractivity contribution is -0.120. The third-order valence-corrected chi connectivity index (χ3v) is 5.66. The van der Waals surface area contributed by atoms with E-state index in [0.29, 0.717) is 22.4 Å². The lowest BCUT2D eigenvalue weighted by Crippen LogP contribution is -2.35. The van der Waals surface area contributed by atoms with Gasteiger partial charge in [0, 0.05) is 35.5 Å². The number of anilines is 1. The number of amides is 2. The number of carbonyl (C=O) groups excluding carboxylic acids is 2. The Labute approximate surface area is 176 Å². The van der Waals surface area contributed by atoms with E-state index >= 15 is 0 Å². The van der Waals surface area contributed by atoms with E-state index in [-0.39, 0.29) is 23.4 Å². The van der Waals surface area contributed by atoms with Gasteiger partial charge in [-0.1, -0.05) is 0 Å². The topological polar surface area (TPSA) is 120 Å². The van der Waals surface area contributed by atoms with Gasteiger partial charge < -0.3 is 21.1 Å². The van der Waals surface area contributed by atoms with E-state index in [1.165, 1.54) is 12.1 Å². The fourth-order valence-electron chi connectivity index (χ4n) is 3.69. The molecule has 0 bridgehead atoms. The van der Waals surface area contributed by atoms with Crippen molar-refractivity contribution in [1.29, 1.82) is 5.41 Å². The number of aromatic hydroxyl groups is 1. The Kier molecular flexibility index (Phi) is 5.82. The second-order valence-corrected chi connectivity index (χ2v) is 8.25. The van der Waals surface area contributed by atoms with E-state index in [1.54, 1.807) is 38.1 Å². The van der Waals surface area contributed by atoms with Gasteiger partial charge in [-0.2, -0.15) is 0 Å². The summed E-state index contributed by atoms with van der Waals surface area (Å²) >= 11 is 0. The minimum Gasteiger partial charge on any atom is -0.508 e. The number of nitrogens with zero attached hydrogens (tertiary/aromatic N) is 1. The van der Waals surface area contributed by atoms with Crippen LogP contribution in [0.3, 0.4) is 0 Å². The summed E-state index contributed by atoms with van der Waals surface area (Å²) in [5.41, 5.74) is 7.29. The van der Waals surface area contributed by atoms with Gasteiger partial charge >= 0.3 is 0 Å². The first kappa shape index (κ1) is 21.4. The number of benzene rings is 2. The van der Waals surface area contributed by atoms with Crippen LogP contribution in [-0.2, 0) is 10.2 Å². The van der Waals surface area contributed by atoms with Crippen LogP contribution < -0.4 is 11.1 Å². The van der Waals surface area contributed by atoms with Crippen LogP contribution in [0.25, 0.3) is 0 Å². The maximum absolute atomic E-state index is 13.0. The molecule has 0 aliphatic carbocycles. The van der Waals surface area contributed by atoms with Gasteiger partial charge in [0.15, 0.2) is 0 Å². The third kappa shape index (κ3) is 4.15. The number of nitrogen functional groups attached to an aromatic ring is 1. The van der Waals surface area contributed by atoms with Crippen molar-refractivity contribution in [1.82, 2.24) is 4.90 Å². The summed E-state index contributed by atoms with van der Waals surface area (Å²) in [5, 5.41) is 20.8. The first-order chi connectivity index (χ1) is 14.1. The smallest absolute Gasteiger partial charge is 0.254 e. The van der Waals surface area contributed by atoms with Crippen molar-refractivity contribution in [3.05, 3.63) is 58.7 Å². The molecule has 1 aliphatic heterocycles. The van der Waals surface area contributed by atoms with Crippen molar-refractivity contribution in [3.8, 4) is 5.75 Å². The van der Waals surface area contributed by atoms with Crippen molar-refractivity contribution >= 4 is 23.3 Å². The summed E-state index contributed by atoms with van der Waals surface area (Å²) in [4.78, 5) is 27.5. The fourth-order valence-corrected chi connectivity index (χ4v) is 3.69. The molecule has 5 N–H and O–H groups in total. The Morgan fingerprint density at radius 2 is 1.80 bits per heavy atom. The molecule has 30 heavy (non-hydrogen) atoms. The van der Waals surface area contributed by atoms with Crippen LogP contribution in [0.1, 0.15) is 53.7 Å². The van der Waals surface area contributed by atoms with Crippen molar-refractivity contribution in [2.75, 3.05) is 18.4 Å². The number of phenolic OH excluding ortho intramolecular Hbond substituents is 1. The van der Waals surface area contributed by atoms with E-state index in [0.717, 1.165) is 31.5 Å². The highest BCUT2D eigenvalue weighted by Crippen LogP contribution is 2.33. The van der Waals surface area contributed by atoms with Crippen molar-refractivity contribution in [2.45, 2.75) is 39.0 Å². The van der Waals surface area contributed by atoms with Crippen molar-refractivity contribution in [3.63, 3.8) is 0 Å². The normalized spacial score (nSPS) is 13.9. The van der Waals surface area contributed by atoms with Crippen LogP contribution in [0, 0.1) is 12.3 Å². The molecule has 0 saturated carbocycles. The maximum atomic E-state index is 13.0. The first-order valence-electron chi connectivity index (χ1n) is 10.0. The van der Waals surface area contributed by atoms with Gasteiger partial charge in [0.05, 0.1) is 5.41 Å². The van der Waals surface area contributed by atoms with Crippen molar-refractivity contribution < 1.29 is 14.7 Å². The van der Waals surface area contributed by atoms with Gasteiger partial charge in [0.25, 0.3) is 5.91 Å². The number of amidine groups is 1. The number of likely N-dealkylation sites (tertiary alicyclic amines) is 1. The minimum absolute atomic E-state index is 0.0224. The van der Waals surface area contributed by atoms with Gasteiger partial charge in [0.2, 0.25) is 5.91 Å². The highest BCUT2D eigenvalue weighted by Gasteiger charge is 2.33.